The van der Waals surface area contributed by atoms with Crippen molar-refractivity contribution in [2.75, 3.05) is 19.1 Å². The van der Waals surface area contributed by atoms with Gasteiger partial charge in [0.15, 0.2) is 5.13 Å². The highest BCUT2D eigenvalue weighted by atomic mass is 32.1. The summed E-state index contributed by atoms with van der Waals surface area (Å²) in [6.45, 7) is 0. The third kappa shape index (κ3) is 3.56. The fourth-order valence-corrected chi connectivity index (χ4v) is 4.93. The first-order chi connectivity index (χ1) is 16.5. The first-order valence-electron chi connectivity index (χ1n) is 10.3. The Morgan fingerprint density at radius 3 is 2.44 bits per heavy atom. The molecule has 1 aliphatic rings. The molecule has 1 saturated heterocycles. The molecule has 0 bridgehead atoms. The first-order valence-corrected chi connectivity index (χ1v) is 11.1. The minimum Gasteiger partial charge on any atom is -0.507 e. The molecule has 170 valence electrons. The van der Waals surface area contributed by atoms with Gasteiger partial charge in [-0.3, -0.25) is 19.5 Å². The highest BCUT2D eigenvalue weighted by Crippen LogP contribution is 2.44. The van der Waals surface area contributed by atoms with Crippen LogP contribution in [0, 0.1) is 0 Å². The van der Waals surface area contributed by atoms with Gasteiger partial charge in [0.25, 0.3) is 5.78 Å². The lowest BCUT2D eigenvalue weighted by molar-refractivity contribution is -0.132. The van der Waals surface area contributed by atoms with E-state index in [2.05, 4.69) is 9.97 Å². The lowest BCUT2D eigenvalue weighted by Crippen LogP contribution is -2.29. The van der Waals surface area contributed by atoms with Crippen molar-refractivity contribution in [2.45, 2.75) is 6.04 Å². The maximum absolute atomic E-state index is 13.3. The van der Waals surface area contributed by atoms with Crippen molar-refractivity contribution in [1.82, 2.24) is 9.97 Å². The molecule has 2 aromatic heterocycles. The van der Waals surface area contributed by atoms with Crippen LogP contribution >= 0.6 is 11.3 Å². The van der Waals surface area contributed by atoms with E-state index in [1.165, 1.54) is 23.3 Å². The van der Waals surface area contributed by atoms with Crippen LogP contribution in [0.2, 0.25) is 0 Å². The second kappa shape index (κ2) is 8.60. The summed E-state index contributed by atoms with van der Waals surface area (Å²) in [6, 6.07) is 14.6. The smallest absolute Gasteiger partial charge is 0.301 e. The summed E-state index contributed by atoms with van der Waals surface area (Å²) in [5.41, 5.74) is 1.61. The summed E-state index contributed by atoms with van der Waals surface area (Å²) >= 11 is 1.26. The number of benzene rings is 2. The maximum atomic E-state index is 13.3. The van der Waals surface area contributed by atoms with Crippen molar-refractivity contribution in [2.24, 2.45) is 0 Å². The standard InChI is InChI=1S/C25H19N3O5S/c1-32-16-7-5-14(6-8-16)22(29)20-21(15-4-3-11-26-13-15)28(24(31)23(20)30)25-27-18-10-9-17(33-2)12-19(18)34-25/h3-13,21,29H,1-2H3/b22-20+. The normalized spacial score (nSPS) is 17.4. The molecule has 2 aromatic carbocycles. The second-order valence-electron chi connectivity index (χ2n) is 7.51. The van der Waals surface area contributed by atoms with Crippen LogP contribution in [0.3, 0.4) is 0 Å². The Balaban J connectivity index is 1.69. The van der Waals surface area contributed by atoms with Crippen molar-refractivity contribution in [1.29, 1.82) is 0 Å². The van der Waals surface area contributed by atoms with Crippen LogP contribution in [0.4, 0.5) is 5.13 Å². The monoisotopic (exact) mass is 473 g/mol. The van der Waals surface area contributed by atoms with Crippen molar-refractivity contribution in [3.8, 4) is 11.5 Å². The molecule has 1 aliphatic heterocycles. The van der Waals surface area contributed by atoms with E-state index in [4.69, 9.17) is 9.47 Å². The summed E-state index contributed by atoms with van der Waals surface area (Å²) in [7, 11) is 3.11. The minimum absolute atomic E-state index is 0.0278. The number of nitrogens with zero attached hydrogens (tertiary/aromatic N) is 3. The Morgan fingerprint density at radius 1 is 1.03 bits per heavy atom. The number of thiazole rings is 1. The molecular weight excluding hydrogens is 454 g/mol. The second-order valence-corrected chi connectivity index (χ2v) is 8.52. The van der Waals surface area contributed by atoms with Crippen molar-refractivity contribution in [3.05, 3.63) is 83.7 Å². The molecule has 0 spiro atoms. The molecular formula is C25H19N3O5S. The predicted octanol–water partition coefficient (Wildman–Crippen LogP) is 4.33. The topological polar surface area (TPSA) is 102 Å². The van der Waals surface area contributed by atoms with E-state index in [0.717, 1.165) is 4.70 Å². The van der Waals surface area contributed by atoms with Gasteiger partial charge < -0.3 is 14.6 Å². The van der Waals surface area contributed by atoms with Crippen molar-refractivity contribution in [3.63, 3.8) is 0 Å². The van der Waals surface area contributed by atoms with Crippen LogP contribution in [-0.4, -0.2) is 41.0 Å². The van der Waals surface area contributed by atoms with Gasteiger partial charge in [0.1, 0.15) is 17.3 Å². The number of aliphatic hydroxyl groups is 1. The maximum Gasteiger partial charge on any atom is 0.301 e. The molecule has 0 radical (unpaired) electrons. The van der Waals surface area contributed by atoms with Crippen LogP contribution in [0.25, 0.3) is 16.0 Å². The lowest BCUT2D eigenvalue weighted by atomic mass is 9.96. The molecule has 1 fully saturated rings. The van der Waals surface area contributed by atoms with Crippen molar-refractivity contribution < 1.29 is 24.2 Å². The van der Waals surface area contributed by atoms with E-state index >= 15 is 0 Å². The summed E-state index contributed by atoms with van der Waals surface area (Å²) in [6.07, 6.45) is 3.17. The Bertz CT molecular complexity index is 1430. The molecule has 34 heavy (non-hydrogen) atoms. The van der Waals surface area contributed by atoms with E-state index < -0.39 is 17.7 Å². The highest BCUT2D eigenvalue weighted by molar-refractivity contribution is 7.22. The third-order valence-electron chi connectivity index (χ3n) is 5.60. The number of rotatable bonds is 5. The number of Topliss-reactive ketones (excluding diaryl/α,β-unsaturated/α-hetero) is 1. The molecule has 1 amide bonds. The molecule has 3 heterocycles. The van der Waals surface area contributed by atoms with Gasteiger partial charge in [-0.15, -0.1) is 0 Å². The fourth-order valence-electron chi connectivity index (χ4n) is 3.91. The first kappa shape index (κ1) is 21.6. The number of hydrogen-bond acceptors (Lipinski definition) is 8. The van der Waals surface area contributed by atoms with Crippen LogP contribution in [0.5, 0.6) is 11.5 Å². The van der Waals surface area contributed by atoms with E-state index in [1.807, 2.05) is 6.07 Å². The zero-order valence-electron chi connectivity index (χ0n) is 18.3. The average molecular weight is 474 g/mol. The Kier molecular flexibility index (Phi) is 5.46. The quantitative estimate of drug-likeness (QED) is 0.261. The van der Waals surface area contributed by atoms with E-state index in [9.17, 15) is 14.7 Å². The number of fused-ring (bicyclic) bond motifs is 1. The molecule has 1 atom stereocenters. The van der Waals surface area contributed by atoms with Gasteiger partial charge in [0.05, 0.1) is 36.1 Å². The lowest BCUT2D eigenvalue weighted by Gasteiger charge is -2.22. The number of ketones is 1. The summed E-state index contributed by atoms with van der Waals surface area (Å²) < 4.78 is 11.3. The largest absolute Gasteiger partial charge is 0.507 e. The number of hydrogen-bond donors (Lipinski definition) is 1. The molecule has 0 saturated carbocycles. The van der Waals surface area contributed by atoms with Gasteiger partial charge in [0, 0.05) is 18.0 Å². The van der Waals surface area contributed by atoms with Gasteiger partial charge in [-0.2, -0.15) is 0 Å². The number of methoxy groups -OCH3 is 2. The van der Waals surface area contributed by atoms with Crippen LogP contribution < -0.4 is 14.4 Å². The van der Waals surface area contributed by atoms with Crippen molar-refractivity contribution >= 4 is 44.1 Å². The Morgan fingerprint density at radius 2 is 1.76 bits per heavy atom. The average Bonchev–Trinajstić information content (AvgIpc) is 3.41. The third-order valence-corrected chi connectivity index (χ3v) is 6.62. The molecule has 4 aromatic rings. The fraction of sp³-hybridized carbons (Fsp3) is 0.120. The van der Waals surface area contributed by atoms with Crippen LogP contribution in [0.1, 0.15) is 17.2 Å². The molecule has 1 N–H and O–H groups in total. The van der Waals surface area contributed by atoms with Crippen LogP contribution in [-0.2, 0) is 9.59 Å². The number of carbonyl (C=O) groups excluding carboxylic acids is 2. The zero-order chi connectivity index (χ0) is 23.8. The van der Waals surface area contributed by atoms with Gasteiger partial charge in [-0.1, -0.05) is 17.4 Å². The predicted molar refractivity (Wildman–Crippen MR) is 128 cm³/mol. The SMILES string of the molecule is COc1ccc(/C(O)=C2\C(=O)C(=O)N(c3nc4ccc(OC)cc4s3)C2c2cccnc2)cc1. The molecule has 1 unspecified atom stereocenters. The van der Waals surface area contributed by atoms with Gasteiger partial charge in [0.2, 0.25) is 0 Å². The molecule has 5 rings (SSSR count). The number of aliphatic hydroxyl groups excluding tert-OH is 1. The van der Waals surface area contributed by atoms with Gasteiger partial charge >= 0.3 is 5.91 Å². The number of pyridine rings is 1. The van der Waals surface area contributed by atoms with E-state index in [1.54, 1.807) is 68.0 Å². The summed E-state index contributed by atoms with van der Waals surface area (Å²) in [5.74, 6) is -0.576. The number of amides is 1. The van der Waals surface area contributed by atoms with E-state index in [0.29, 0.717) is 33.3 Å². The van der Waals surface area contributed by atoms with Gasteiger partial charge in [-0.25, -0.2) is 4.98 Å². The minimum atomic E-state index is -0.891. The van der Waals surface area contributed by atoms with Gasteiger partial charge in [-0.05, 0) is 54.1 Å². The summed E-state index contributed by atoms with van der Waals surface area (Å²) in [5, 5.41) is 11.5. The molecule has 8 nitrogen and oxygen atoms in total. The Labute approximate surface area is 198 Å². The number of carbonyl (C=O) groups is 2. The summed E-state index contributed by atoms with van der Waals surface area (Å²) in [4.78, 5) is 36.6. The van der Waals surface area contributed by atoms with Crippen LogP contribution in [0.15, 0.2) is 72.6 Å². The van der Waals surface area contributed by atoms with E-state index in [-0.39, 0.29) is 11.3 Å². The zero-order valence-corrected chi connectivity index (χ0v) is 19.1. The number of ether oxygens (including phenoxy) is 2. The molecule has 9 heteroatoms. The number of anilines is 1. The number of aromatic nitrogens is 2. The molecule has 0 aliphatic carbocycles. The Hall–Kier alpha value is -4.24. The highest BCUT2D eigenvalue weighted by Gasteiger charge is 2.48.